The third-order valence-electron chi connectivity index (χ3n) is 7.59. The van der Waals surface area contributed by atoms with E-state index in [-0.39, 0.29) is 5.56 Å². The monoisotopic (exact) mass is 508 g/mol. The molecule has 0 aliphatic carbocycles. The van der Waals surface area contributed by atoms with E-state index in [0.29, 0.717) is 17.7 Å². The summed E-state index contributed by atoms with van der Waals surface area (Å²) in [5.41, 5.74) is 1.57. The highest BCUT2D eigenvalue weighted by atomic mass is 16.5. The van der Waals surface area contributed by atoms with Gasteiger partial charge in [0, 0.05) is 23.0 Å². The van der Waals surface area contributed by atoms with Crippen molar-refractivity contribution in [2.24, 2.45) is 0 Å². The summed E-state index contributed by atoms with van der Waals surface area (Å²) in [5.74, 6) is 2.24. The second-order valence-electron chi connectivity index (χ2n) is 9.85. The van der Waals surface area contributed by atoms with Gasteiger partial charge in [-0.2, -0.15) is 0 Å². The van der Waals surface area contributed by atoms with Crippen molar-refractivity contribution in [3.8, 4) is 22.9 Å². The van der Waals surface area contributed by atoms with Crippen molar-refractivity contribution in [3.05, 3.63) is 83.2 Å². The minimum atomic E-state index is -0.0894. The van der Waals surface area contributed by atoms with Gasteiger partial charge in [0.15, 0.2) is 0 Å². The number of aromatic nitrogens is 1. The van der Waals surface area contributed by atoms with Gasteiger partial charge in [-0.25, -0.2) is 0 Å². The Hall–Kier alpha value is -4.03. The molecule has 0 amide bonds. The molecule has 0 saturated carbocycles. The van der Waals surface area contributed by atoms with Crippen LogP contribution in [0.5, 0.6) is 17.2 Å². The zero-order valence-electron chi connectivity index (χ0n) is 21.9. The van der Waals surface area contributed by atoms with Crippen LogP contribution < -0.4 is 19.8 Å². The van der Waals surface area contributed by atoms with Crippen LogP contribution in [0.15, 0.2) is 77.6 Å². The molecule has 194 valence electrons. The molecule has 1 aliphatic heterocycles. The van der Waals surface area contributed by atoms with Gasteiger partial charge in [-0.1, -0.05) is 18.6 Å². The smallest absolute Gasteiger partial charge is 0.263 e. The van der Waals surface area contributed by atoms with Crippen molar-refractivity contribution < 1.29 is 14.2 Å². The number of fused-ring (bicyclic) bond motifs is 5. The van der Waals surface area contributed by atoms with Crippen LogP contribution in [0.2, 0.25) is 0 Å². The van der Waals surface area contributed by atoms with Crippen LogP contribution in [0.3, 0.4) is 0 Å². The molecule has 1 fully saturated rings. The van der Waals surface area contributed by atoms with Crippen LogP contribution >= 0.6 is 0 Å². The van der Waals surface area contributed by atoms with Crippen LogP contribution in [0, 0.1) is 0 Å². The second-order valence-corrected chi connectivity index (χ2v) is 9.85. The Labute approximate surface area is 222 Å². The molecule has 6 nitrogen and oxygen atoms in total. The Morgan fingerprint density at radius 2 is 1.34 bits per heavy atom. The molecule has 1 aliphatic rings. The molecule has 0 spiro atoms. The van der Waals surface area contributed by atoms with Crippen molar-refractivity contribution in [2.45, 2.75) is 19.3 Å². The van der Waals surface area contributed by atoms with E-state index in [1.165, 1.54) is 19.3 Å². The topological polar surface area (TPSA) is 52.9 Å². The predicted octanol–water partition coefficient (Wildman–Crippen LogP) is 6.18. The molecular formula is C32H32N2O4. The van der Waals surface area contributed by atoms with Gasteiger partial charge in [0.1, 0.15) is 23.9 Å². The zero-order valence-corrected chi connectivity index (χ0v) is 21.9. The molecule has 5 aromatic rings. The maximum Gasteiger partial charge on any atom is 0.263 e. The average Bonchev–Trinajstić information content (AvgIpc) is 2.97. The molecule has 0 unspecified atom stereocenters. The molecule has 0 bridgehead atoms. The SMILES string of the molecule is COc1ccc2c(ccc3c4ccc(OC)cc4c(=O)n(-c4ccc(OCCN5CCCCC5)cc4)c23)c1. The maximum absolute atomic E-state index is 14.1. The first-order valence-corrected chi connectivity index (χ1v) is 13.2. The number of pyridine rings is 1. The van der Waals surface area contributed by atoms with Gasteiger partial charge in [-0.15, -0.1) is 0 Å². The van der Waals surface area contributed by atoms with E-state index in [0.717, 1.165) is 63.9 Å². The van der Waals surface area contributed by atoms with Crippen LogP contribution in [-0.4, -0.2) is 49.9 Å². The van der Waals surface area contributed by atoms with E-state index in [2.05, 4.69) is 17.0 Å². The summed E-state index contributed by atoms with van der Waals surface area (Å²) in [4.78, 5) is 16.5. The lowest BCUT2D eigenvalue weighted by atomic mass is 10.00. The largest absolute Gasteiger partial charge is 0.497 e. The van der Waals surface area contributed by atoms with E-state index < -0.39 is 0 Å². The number of likely N-dealkylation sites (tertiary alicyclic amines) is 1. The summed E-state index contributed by atoms with van der Waals surface area (Å²) >= 11 is 0. The van der Waals surface area contributed by atoms with Gasteiger partial charge in [0.25, 0.3) is 5.56 Å². The molecule has 6 rings (SSSR count). The number of rotatable bonds is 7. The van der Waals surface area contributed by atoms with E-state index in [9.17, 15) is 4.79 Å². The molecule has 2 heterocycles. The number of ether oxygens (including phenoxy) is 3. The lowest BCUT2D eigenvalue weighted by Gasteiger charge is -2.26. The van der Waals surface area contributed by atoms with E-state index in [1.807, 2.05) is 65.2 Å². The maximum atomic E-state index is 14.1. The highest BCUT2D eigenvalue weighted by Gasteiger charge is 2.16. The first kappa shape index (κ1) is 24.3. The van der Waals surface area contributed by atoms with Gasteiger partial charge in [0.05, 0.1) is 25.1 Å². The molecular weight excluding hydrogens is 476 g/mol. The third-order valence-corrected chi connectivity index (χ3v) is 7.59. The van der Waals surface area contributed by atoms with Gasteiger partial charge in [-0.05, 0) is 97.4 Å². The van der Waals surface area contributed by atoms with E-state index in [4.69, 9.17) is 14.2 Å². The Morgan fingerprint density at radius 1 is 0.684 bits per heavy atom. The second kappa shape index (κ2) is 10.4. The Kier molecular flexibility index (Phi) is 6.64. The summed E-state index contributed by atoms with van der Waals surface area (Å²) in [6.45, 7) is 3.91. The van der Waals surface area contributed by atoms with E-state index in [1.54, 1.807) is 14.2 Å². The summed E-state index contributed by atoms with van der Waals surface area (Å²) in [5, 5.41) is 4.52. The number of hydrogen-bond donors (Lipinski definition) is 0. The Balaban J connectivity index is 1.46. The summed E-state index contributed by atoms with van der Waals surface area (Å²) in [6.07, 6.45) is 3.88. The number of hydrogen-bond acceptors (Lipinski definition) is 5. The van der Waals surface area contributed by atoms with Crippen LogP contribution in [0.4, 0.5) is 0 Å². The first-order valence-electron chi connectivity index (χ1n) is 13.2. The molecule has 0 N–H and O–H groups in total. The fourth-order valence-corrected chi connectivity index (χ4v) is 5.57. The summed E-state index contributed by atoms with van der Waals surface area (Å²) in [7, 11) is 3.28. The van der Waals surface area contributed by atoms with Crippen molar-refractivity contribution in [1.29, 1.82) is 0 Å². The lowest BCUT2D eigenvalue weighted by Crippen LogP contribution is -2.33. The number of methoxy groups -OCH3 is 2. The quantitative estimate of drug-likeness (QED) is 0.246. The fourth-order valence-electron chi connectivity index (χ4n) is 5.57. The van der Waals surface area contributed by atoms with Crippen molar-refractivity contribution in [2.75, 3.05) is 40.5 Å². The van der Waals surface area contributed by atoms with E-state index >= 15 is 0 Å². The van der Waals surface area contributed by atoms with Crippen molar-refractivity contribution >= 4 is 32.4 Å². The zero-order chi connectivity index (χ0) is 26.1. The molecule has 0 radical (unpaired) electrons. The van der Waals surface area contributed by atoms with Crippen LogP contribution in [0.25, 0.3) is 38.1 Å². The number of piperidine rings is 1. The predicted molar refractivity (Wildman–Crippen MR) is 153 cm³/mol. The van der Waals surface area contributed by atoms with Crippen molar-refractivity contribution in [1.82, 2.24) is 9.47 Å². The van der Waals surface area contributed by atoms with Gasteiger partial charge >= 0.3 is 0 Å². The van der Waals surface area contributed by atoms with Gasteiger partial charge in [-0.3, -0.25) is 14.3 Å². The molecule has 1 saturated heterocycles. The fraction of sp³-hybridized carbons (Fsp3) is 0.281. The minimum absolute atomic E-state index is 0.0894. The summed E-state index contributed by atoms with van der Waals surface area (Å²) in [6, 6.07) is 23.7. The Bertz CT molecular complexity index is 1670. The molecule has 4 aromatic carbocycles. The van der Waals surface area contributed by atoms with Crippen LogP contribution in [-0.2, 0) is 0 Å². The standard InChI is InChI=1S/C32H32N2O4/c1-36-25-11-14-27-22(20-25)6-13-29-28-15-12-26(37-2)21-30(28)32(35)34(31(27)29)23-7-9-24(10-8-23)38-19-18-33-16-4-3-5-17-33/h6-15,20-21H,3-5,16-19H2,1-2H3. The van der Waals surface area contributed by atoms with Gasteiger partial charge in [0.2, 0.25) is 0 Å². The normalized spacial score (nSPS) is 14.3. The molecule has 0 atom stereocenters. The molecule has 6 heteroatoms. The first-order chi connectivity index (χ1) is 18.7. The van der Waals surface area contributed by atoms with Gasteiger partial charge < -0.3 is 14.2 Å². The highest BCUT2D eigenvalue weighted by Crippen LogP contribution is 2.34. The highest BCUT2D eigenvalue weighted by molar-refractivity contribution is 6.16. The average molecular weight is 509 g/mol. The number of nitrogens with zero attached hydrogens (tertiary/aromatic N) is 2. The minimum Gasteiger partial charge on any atom is -0.497 e. The lowest BCUT2D eigenvalue weighted by molar-refractivity contribution is 0.183. The molecule has 1 aromatic heterocycles. The summed E-state index contributed by atoms with van der Waals surface area (Å²) < 4.78 is 18.8. The van der Waals surface area contributed by atoms with Crippen molar-refractivity contribution in [3.63, 3.8) is 0 Å². The Morgan fingerprint density at radius 3 is 2.08 bits per heavy atom. The number of benzene rings is 4. The van der Waals surface area contributed by atoms with Crippen LogP contribution in [0.1, 0.15) is 19.3 Å². The third kappa shape index (κ3) is 4.45. The molecule has 38 heavy (non-hydrogen) atoms.